The van der Waals surface area contributed by atoms with Crippen LogP contribution in [0.25, 0.3) is 0 Å². The Hall–Kier alpha value is -1.79. The number of esters is 2. The summed E-state index contributed by atoms with van der Waals surface area (Å²) >= 11 is 0. The second-order valence-corrected chi connectivity index (χ2v) is 7.96. The van der Waals surface area contributed by atoms with Crippen molar-refractivity contribution in [1.82, 2.24) is 4.90 Å². The van der Waals surface area contributed by atoms with Crippen molar-refractivity contribution in [3.8, 4) is 0 Å². The van der Waals surface area contributed by atoms with Crippen molar-refractivity contribution in [1.29, 1.82) is 0 Å². The Bertz CT molecular complexity index is 502. The first-order chi connectivity index (χ1) is 11.0. The van der Waals surface area contributed by atoms with Crippen LogP contribution in [-0.2, 0) is 23.8 Å². The van der Waals surface area contributed by atoms with E-state index in [2.05, 4.69) is 0 Å². The van der Waals surface area contributed by atoms with E-state index in [9.17, 15) is 14.4 Å². The molecule has 136 valence electrons. The molecule has 2 saturated heterocycles. The normalized spacial score (nSPS) is 25.0. The van der Waals surface area contributed by atoms with Crippen molar-refractivity contribution in [2.45, 2.75) is 65.3 Å². The molecule has 2 rings (SSSR count). The topological polar surface area (TPSA) is 82.1 Å². The molecule has 2 aliphatic heterocycles. The number of nitrogens with zero attached hydrogens (tertiary/aromatic N) is 1. The summed E-state index contributed by atoms with van der Waals surface area (Å²) in [4.78, 5) is 38.0. The van der Waals surface area contributed by atoms with E-state index in [1.54, 1.807) is 4.90 Å². The van der Waals surface area contributed by atoms with Crippen LogP contribution >= 0.6 is 0 Å². The number of carbonyl (C=O) groups excluding carboxylic acids is 3. The molecule has 2 heterocycles. The highest BCUT2D eigenvalue weighted by atomic mass is 16.7. The standard InChI is InChI=1S/C17H27NO6/c1-16(2,3)24-15(21)18-8-6-7-11(10-18)9-12-13(19)22-17(4,5)23-14(12)20/h11-12H,6-10H2,1-5H3. The summed E-state index contributed by atoms with van der Waals surface area (Å²) in [5, 5.41) is 0. The van der Waals surface area contributed by atoms with Crippen LogP contribution in [0.2, 0.25) is 0 Å². The molecule has 2 aliphatic rings. The van der Waals surface area contributed by atoms with Gasteiger partial charge >= 0.3 is 18.0 Å². The van der Waals surface area contributed by atoms with Crippen molar-refractivity contribution in [3.63, 3.8) is 0 Å². The summed E-state index contributed by atoms with van der Waals surface area (Å²) in [5.74, 6) is -3.18. The number of amides is 1. The SMILES string of the molecule is CC(C)(C)OC(=O)N1CCCC(CC2C(=O)OC(C)(C)OC2=O)C1. The van der Waals surface area contributed by atoms with Gasteiger partial charge in [0.25, 0.3) is 5.79 Å². The van der Waals surface area contributed by atoms with Gasteiger partial charge in [0.2, 0.25) is 0 Å². The van der Waals surface area contributed by atoms with Gasteiger partial charge in [0, 0.05) is 26.9 Å². The van der Waals surface area contributed by atoms with Crippen LogP contribution in [0.4, 0.5) is 4.79 Å². The first-order valence-corrected chi connectivity index (χ1v) is 8.40. The Morgan fingerprint density at radius 2 is 1.83 bits per heavy atom. The van der Waals surface area contributed by atoms with E-state index in [1.807, 2.05) is 20.8 Å². The molecule has 1 amide bonds. The minimum atomic E-state index is -1.21. The predicted octanol–water partition coefficient (Wildman–Crippen LogP) is 2.48. The maximum Gasteiger partial charge on any atom is 0.410 e. The molecule has 0 aromatic carbocycles. The first kappa shape index (κ1) is 18.5. The van der Waals surface area contributed by atoms with Crippen LogP contribution in [0, 0.1) is 11.8 Å². The Morgan fingerprint density at radius 3 is 2.38 bits per heavy atom. The number of likely N-dealkylation sites (tertiary alicyclic amines) is 1. The van der Waals surface area contributed by atoms with Gasteiger partial charge in [-0.2, -0.15) is 0 Å². The van der Waals surface area contributed by atoms with Gasteiger partial charge in [-0.25, -0.2) is 4.79 Å². The maximum absolute atomic E-state index is 12.2. The summed E-state index contributed by atoms with van der Waals surface area (Å²) in [6.45, 7) is 9.62. The van der Waals surface area contributed by atoms with Gasteiger partial charge < -0.3 is 19.1 Å². The lowest BCUT2D eigenvalue weighted by molar-refractivity contribution is -0.240. The van der Waals surface area contributed by atoms with Gasteiger partial charge in [-0.05, 0) is 46.0 Å². The van der Waals surface area contributed by atoms with E-state index in [1.165, 1.54) is 13.8 Å². The third-order valence-electron chi connectivity index (χ3n) is 4.00. The molecular formula is C17H27NO6. The Labute approximate surface area is 142 Å². The molecular weight excluding hydrogens is 314 g/mol. The number of ether oxygens (including phenoxy) is 3. The lowest BCUT2D eigenvalue weighted by atomic mass is 9.88. The van der Waals surface area contributed by atoms with Crippen molar-refractivity contribution >= 4 is 18.0 Å². The molecule has 0 spiro atoms. The zero-order valence-corrected chi connectivity index (χ0v) is 15.1. The van der Waals surface area contributed by atoms with Crippen LogP contribution in [-0.4, -0.2) is 47.4 Å². The van der Waals surface area contributed by atoms with Gasteiger partial charge in [0.05, 0.1) is 0 Å². The molecule has 0 saturated carbocycles. The summed E-state index contributed by atoms with van der Waals surface area (Å²) in [5.41, 5.74) is -0.549. The summed E-state index contributed by atoms with van der Waals surface area (Å²) in [6.07, 6.45) is 1.63. The maximum atomic E-state index is 12.2. The second kappa shape index (κ2) is 6.61. The highest BCUT2D eigenvalue weighted by Gasteiger charge is 2.44. The molecule has 0 N–H and O–H groups in total. The molecule has 1 atom stereocenters. The number of rotatable bonds is 2. The molecule has 0 bridgehead atoms. The lowest BCUT2D eigenvalue weighted by Gasteiger charge is -2.37. The fraction of sp³-hybridized carbons (Fsp3) is 0.824. The Morgan fingerprint density at radius 1 is 1.25 bits per heavy atom. The molecule has 0 aromatic heterocycles. The monoisotopic (exact) mass is 341 g/mol. The summed E-state index contributed by atoms with van der Waals surface area (Å²) in [7, 11) is 0. The second-order valence-electron chi connectivity index (χ2n) is 7.96. The predicted molar refractivity (Wildman–Crippen MR) is 84.9 cm³/mol. The molecule has 7 heteroatoms. The number of hydrogen-bond donors (Lipinski definition) is 0. The Kier molecular flexibility index (Phi) is 5.11. The molecule has 24 heavy (non-hydrogen) atoms. The van der Waals surface area contributed by atoms with Crippen LogP contribution in [0.3, 0.4) is 0 Å². The molecule has 1 unspecified atom stereocenters. The zero-order chi connectivity index (χ0) is 18.1. The van der Waals surface area contributed by atoms with Crippen molar-refractivity contribution in [3.05, 3.63) is 0 Å². The number of piperidine rings is 1. The molecule has 0 radical (unpaired) electrons. The van der Waals surface area contributed by atoms with Crippen LogP contribution in [0.1, 0.15) is 53.9 Å². The van der Waals surface area contributed by atoms with Crippen molar-refractivity contribution in [2.75, 3.05) is 13.1 Å². The van der Waals surface area contributed by atoms with Crippen LogP contribution < -0.4 is 0 Å². The average Bonchev–Trinajstić information content (AvgIpc) is 2.40. The number of hydrogen-bond acceptors (Lipinski definition) is 6. The van der Waals surface area contributed by atoms with Crippen molar-refractivity contribution in [2.24, 2.45) is 11.8 Å². The summed E-state index contributed by atoms with van der Waals surface area (Å²) in [6, 6.07) is 0. The smallest absolute Gasteiger partial charge is 0.410 e. The van der Waals surface area contributed by atoms with E-state index in [4.69, 9.17) is 14.2 Å². The third kappa shape index (κ3) is 4.85. The van der Waals surface area contributed by atoms with E-state index in [0.29, 0.717) is 19.5 Å². The molecule has 2 fully saturated rings. The quantitative estimate of drug-likeness (QED) is 0.567. The van der Waals surface area contributed by atoms with Gasteiger partial charge in [0.15, 0.2) is 5.92 Å². The van der Waals surface area contributed by atoms with Crippen LogP contribution in [0.15, 0.2) is 0 Å². The first-order valence-electron chi connectivity index (χ1n) is 8.40. The van der Waals surface area contributed by atoms with Crippen LogP contribution in [0.5, 0.6) is 0 Å². The largest absolute Gasteiger partial charge is 0.444 e. The molecule has 0 aliphatic carbocycles. The number of cyclic esters (lactones) is 2. The Balaban J connectivity index is 1.94. The zero-order valence-electron chi connectivity index (χ0n) is 15.1. The molecule has 0 aromatic rings. The van der Waals surface area contributed by atoms with Gasteiger partial charge in [-0.1, -0.05) is 0 Å². The minimum Gasteiger partial charge on any atom is -0.444 e. The van der Waals surface area contributed by atoms with Gasteiger partial charge in [-0.3, -0.25) is 9.59 Å². The number of carbonyl (C=O) groups is 3. The summed E-state index contributed by atoms with van der Waals surface area (Å²) < 4.78 is 15.7. The fourth-order valence-corrected chi connectivity index (χ4v) is 3.02. The third-order valence-corrected chi connectivity index (χ3v) is 4.00. The lowest BCUT2D eigenvalue weighted by Crippen LogP contribution is -2.48. The highest BCUT2D eigenvalue weighted by Crippen LogP contribution is 2.30. The van der Waals surface area contributed by atoms with E-state index < -0.39 is 29.2 Å². The van der Waals surface area contributed by atoms with Gasteiger partial charge in [0.1, 0.15) is 5.60 Å². The minimum absolute atomic E-state index is 0.0394. The average molecular weight is 341 g/mol. The fourth-order valence-electron chi connectivity index (χ4n) is 3.02. The van der Waals surface area contributed by atoms with E-state index in [-0.39, 0.29) is 12.0 Å². The highest BCUT2D eigenvalue weighted by molar-refractivity contribution is 5.96. The van der Waals surface area contributed by atoms with E-state index >= 15 is 0 Å². The van der Waals surface area contributed by atoms with E-state index in [0.717, 1.165) is 12.8 Å². The van der Waals surface area contributed by atoms with Gasteiger partial charge in [-0.15, -0.1) is 0 Å². The van der Waals surface area contributed by atoms with Crippen molar-refractivity contribution < 1.29 is 28.6 Å². The molecule has 7 nitrogen and oxygen atoms in total.